The van der Waals surface area contributed by atoms with E-state index < -0.39 is 0 Å². The molecule has 1 amide bonds. The first-order valence-corrected chi connectivity index (χ1v) is 6.50. The lowest BCUT2D eigenvalue weighted by Gasteiger charge is -2.22. The van der Waals surface area contributed by atoms with Crippen molar-refractivity contribution in [2.24, 2.45) is 11.7 Å². The van der Waals surface area contributed by atoms with Crippen LogP contribution in [0.25, 0.3) is 0 Å². The molecule has 94 valence electrons. The molecule has 0 aliphatic carbocycles. The summed E-state index contributed by atoms with van der Waals surface area (Å²) in [4.78, 5) is 11.5. The fraction of sp³-hybridized carbons (Fsp3) is 0.917. The Morgan fingerprint density at radius 3 is 3.00 bits per heavy atom. The Balaban J connectivity index is 1.96. The Hall–Kier alpha value is -0.610. The number of nitrogens with one attached hydrogen (secondary N) is 2. The molecule has 1 atom stereocenters. The van der Waals surface area contributed by atoms with Gasteiger partial charge in [-0.3, -0.25) is 4.79 Å². The number of rotatable bonds is 7. The van der Waals surface area contributed by atoms with Crippen LogP contribution in [0, 0.1) is 5.92 Å². The van der Waals surface area contributed by atoms with Gasteiger partial charge in [-0.15, -0.1) is 0 Å². The van der Waals surface area contributed by atoms with Gasteiger partial charge >= 0.3 is 0 Å². The zero-order valence-electron chi connectivity index (χ0n) is 10.1. The number of nitrogens with two attached hydrogens (primary N) is 1. The molecular formula is C12H25N3O. The minimum Gasteiger partial charge on any atom is -0.356 e. The van der Waals surface area contributed by atoms with Crippen LogP contribution in [-0.4, -0.2) is 32.1 Å². The van der Waals surface area contributed by atoms with Gasteiger partial charge in [-0.25, -0.2) is 0 Å². The minimum atomic E-state index is 0.197. The van der Waals surface area contributed by atoms with Crippen LogP contribution in [0.1, 0.15) is 38.5 Å². The highest BCUT2D eigenvalue weighted by atomic mass is 16.1. The molecular weight excluding hydrogens is 202 g/mol. The van der Waals surface area contributed by atoms with Gasteiger partial charge in [0.1, 0.15) is 0 Å². The quantitative estimate of drug-likeness (QED) is 0.559. The lowest BCUT2D eigenvalue weighted by atomic mass is 9.94. The van der Waals surface area contributed by atoms with E-state index >= 15 is 0 Å². The molecule has 0 aromatic heterocycles. The highest BCUT2D eigenvalue weighted by Gasteiger charge is 2.13. The van der Waals surface area contributed by atoms with Crippen LogP contribution < -0.4 is 16.4 Å². The van der Waals surface area contributed by atoms with E-state index in [1.165, 1.54) is 12.8 Å². The zero-order chi connectivity index (χ0) is 11.6. The van der Waals surface area contributed by atoms with Crippen molar-refractivity contribution in [1.82, 2.24) is 10.6 Å². The van der Waals surface area contributed by atoms with Crippen LogP contribution in [0.4, 0.5) is 0 Å². The van der Waals surface area contributed by atoms with E-state index in [4.69, 9.17) is 5.73 Å². The molecule has 0 radical (unpaired) electrons. The molecule has 0 saturated carbocycles. The minimum absolute atomic E-state index is 0.197. The molecule has 1 aliphatic heterocycles. The fourth-order valence-corrected chi connectivity index (χ4v) is 2.09. The Kier molecular flexibility index (Phi) is 7.17. The Morgan fingerprint density at radius 1 is 1.44 bits per heavy atom. The molecule has 0 aromatic carbocycles. The Morgan fingerprint density at radius 2 is 2.31 bits per heavy atom. The monoisotopic (exact) mass is 227 g/mol. The number of hydrogen-bond donors (Lipinski definition) is 3. The van der Waals surface area contributed by atoms with Crippen molar-refractivity contribution in [3.63, 3.8) is 0 Å². The number of carbonyl (C=O) groups excluding carboxylic acids is 1. The fourth-order valence-electron chi connectivity index (χ4n) is 2.09. The summed E-state index contributed by atoms with van der Waals surface area (Å²) in [6, 6.07) is 0. The van der Waals surface area contributed by atoms with Crippen molar-refractivity contribution in [2.75, 3.05) is 26.2 Å². The molecule has 0 spiro atoms. The molecule has 4 nitrogen and oxygen atoms in total. The molecule has 1 unspecified atom stereocenters. The molecule has 0 aromatic rings. The third kappa shape index (κ3) is 6.08. The van der Waals surface area contributed by atoms with Crippen LogP contribution in [0.15, 0.2) is 0 Å². The summed E-state index contributed by atoms with van der Waals surface area (Å²) in [5.41, 5.74) is 5.38. The second-order valence-electron chi connectivity index (χ2n) is 4.60. The standard InChI is InChI=1S/C12H25N3O/c13-7-1-2-9-15-12(16)6-5-11-4-3-8-14-10-11/h11,14H,1-10,13H2,(H,15,16). The first-order valence-electron chi connectivity index (χ1n) is 6.50. The molecule has 16 heavy (non-hydrogen) atoms. The largest absolute Gasteiger partial charge is 0.356 e. The van der Waals surface area contributed by atoms with Gasteiger partial charge in [-0.1, -0.05) is 0 Å². The average molecular weight is 227 g/mol. The van der Waals surface area contributed by atoms with Gasteiger partial charge in [0.25, 0.3) is 0 Å². The lowest BCUT2D eigenvalue weighted by Crippen LogP contribution is -2.31. The number of amides is 1. The third-order valence-electron chi connectivity index (χ3n) is 3.13. The maximum absolute atomic E-state index is 11.5. The summed E-state index contributed by atoms with van der Waals surface area (Å²) in [6.07, 6.45) is 6.21. The molecule has 1 aliphatic rings. The number of carbonyl (C=O) groups is 1. The van der Waals surface area contributed by atoms with Crippen LogP contribution in [0.5, 0.6) is 0 Å². The van der Waals surface area contributed by atoms with E-state index in [1.54, 1.807) is 0 Å². The van der Waals surface area contributed by atoms with Crippen LogP contribution in [0.2, 0.25) is 0 Å². The summed E-state index contributed by atoms with van der Waals surface area (Å²) < 4.78 is 0. The molecule has 4 heteroatoms. The lowest BCUT2D eigenvalue weighted by molar-refractivity contribution is -0.121. The summed E-state index contributed by atoms with van der Waals surface area (Å²) >= 11 is 0. The highest BCUT2D eigenvalue weighted by Crippen LogP contribution is 2.15. The van der Waals surface area contributed by atoms with E-state index in [1.807, 2.05) is 0 Å². The first kappa shape index (κ1) is 13.5. The molecule has 0 bridgehead atoms. The third-order valence-corrected chi connectivity index (χ3v) is 3.13. The Labute approximate surface area is 98.3 Å². The summed E-state index contributed by atoms with van der Waals surface area (Å²) in [7, 11) is 0. The van der Waals surface area contributed by atoms with Gasteiger partial charge in [0, 0.05) is 13.0 Å². The smallest absolute Gasteiger partial charge is 0.220 e. The maximum Gasteiger partial charge on any atom is 0.220 e. The average Bonchev–Trinajstić information content (AvgIpc) is 2.33. The summed E-state index contributed by atoms with van der Waals surface area (Å²) in [5, 5.41) is 6.32. The van der Waals surface area contributed by atoms with Gasteiger partial charge in [0.2, 0.25) is 5.91 Å². The van der Waals surface area contributed by atoms with Crippen LogP contribution >= 0.6 is 0 Å². The zero-order valence-corrected chi connectivity index (χ0v) is 10.1. The normalized spacial score (nSPS) is 20.7. The van der Waals surface area contributed by atoms with Gasteiger partial charge in [-0.2, -0.15) is 0 Å². The van der Waals surface area contributed by atoms with Crippen molar-refractivity contribution >= 4 is 5.91 Å². The van der Waals surface area contributed by atoms with Crippen molar-refractivity contribution in [3.05, 3.63) is 0 Å². The van der Waals surface area contributed by atoms with E-state index in [9.17, 15) is 4.79 Å². The molecule has 1 rings (SSSR count). The number of piperidine rings is 1. The second-order valence-corrected chi connectivity index (χ2v) is 4.60. The van der Waals surface area contributed by atoms with E-state index in [0.717, 1.165) is 38.9 Å². The van der Waals surface area contributed by atoms with Gasteiger partial charge < -0.3 is 16.4 Å². The van der Waals surface area contributed by atoms with Gasteiger partial charge in [0.05, 0.1) is 0 Å². The topological polar surface area (TPSA) is 67.1 Å². The molecule has 4 N–H and O–H groups in total. The number of hydrogen-bond acceptors (Lipinski definition) is 3. The Bertz CT molecular complexity index is 191. The van der Waals surface area contributed by atoms with Crippen molar-refractivity contribution < 1.29 is 4.79 Å². The van der Waals surface area contributed by atoms with Crippen LogP contribution in [-0.2, 0) is 4.79 Å². The van der Waals surface area contributed by atoms with Crippen molar-refractivity contribution in [2.45, 2.75) is 38.5 Å². The molecule has 1 fully saturated rings. The predicted octanol–water partition coefficient (Wildman–Crippen LogP) is 0.621. The summed E-state index contributed by atoms with van der Waals surface area (Å²) in [5.74, 6) is 0.895. The van der Waals surface area contributed by atoms with Crippen molar-refractivity contribution in [1.29, 1.82) is 0 Å². The molecule has 1 saturated heterocycles. The van der Waals surface area contributed by atoms with Gasteiger partial charge in [0.15, 0.2) is 0 Å². The second kappa shape index (κ2) is 8.53. The highest BCUT2D eigenvalue weighted by molar-refractivity contribution is 5.75. The van der Waals surface area contributed by atoms with E-state index in [2.05, 4.69) is 10.6 Å². The SMILES string of the molecule is NCCCCNC(=O)CCC1CCCNC1. The first-order chi connectivity index (χ1) is 7.83. The van der Waals surface area contributed by atoms with Crippen molar-refractivity contribution in [3.8, 4) is 0 Å². The summed E-state index contributed by atoms with van der Waals surface area (Å²) in [6.45, 7) is 3.71. The number of unbranched alkanes of at least 4 members (excludes halogenated alkanes) is 1. The molecule has 1 heterocycles. The van der Waals surface area contributed by atoms with Crippen LogP contribution in [0.3, 0.4) is 0 Å². The van der Waals surface area contributed by atoms with E-state index in [-0.39, 0.29) is 5.91 Å². The predicted molar refractivity (Wildman–Crippen MR) is 66.1 cm³/mol. The van der Waals surface area contributed by atoms with Gasteiger partial charge in [-0.05, 0) is 57.7 Å². The van der Waals surface area contributed by atoms with E-state index in [0.29, 0.717) is 18.9 Å². The maximum atomic E-state index is 11.5.